The van der Waals surface area contributed by atoms with Crippen molar-refractivity contribution in [2.45, 2.75) is 19.9 Å². The molecule has 2 rings (SSSR count). The molecule has 0 saturated carbocycles. The SMILES string of the molecule is CC(C)N1CC(=O)Nc2cc(O)ccc21. The zero-order chi connectivity index (χ0) is 11.0. The molecule has 0 unspecified atom stereocenters. The van der Waals surface area contributed by atoms with Crippen LogP contribution in [0.15, 0.2) is 18.2 Å². The van der Waals surface area contributed by atoms with Crippen molar-refractivity contribution < 1.29 is 9.90 Å². The van der Waals surface area contributed by atoms with Crippen molar-refractivity contribution in [1.29, 1.82) is 0 Å². The number of carbonyl (C=O) groups excluding carboxylic acids is 1. The van der Waals surface area contributed by atoms with E-state index < -0.39 is 0 Å². The van der Waals surface area contributed by atoms with E-state index >= 15 is 0 Å². The Hall–Kier alpha value is -1.71. The first-order valence-electron chi connectivity index (χ1n) is 4.97. The minimum absolute atomic E-state index is 0.0400. The molecule has 0 fully saturated rings. The number of phenolic OH excluding ortho intramolecular Hbond substituents is 1. The van der Waals surface area contributed by atoms with Gasteiger partial charge in [0.15, 0.2) is 0 Å². The molecule has 0 saturated heterocycles. The number of phenols is 1. The molecule has 0 atom stereocenters. The summed E-state index contributed by atoms with van der Waals surface area (Å²) in [5.41, 5.74) is 1.64. The third-order valence-corrected chi connectivity index (χ3v) is 2.50. The van der Waals surface area contributed by atoms with Gasteiger partial charge in [-0.05, 0) is 26.0 Å². The van der Waals surface area contributed by atoms with E-state index in [4.69, 9.17) is 0 Å². The van der Waals surface area contributed by atoms with Crippen molar-refractivity contribution in [3.05, 3.63) is 18.2 Å². The quantitative estimate of drug-likeness (QED) is 0.733. The van der Waals surface area contributed by atoms with Gasteiger partial charge in [0.1, 0.15) is 5.75 Å². The van der Waals surface area contributed by atoms with Gasteiger partial charge >= 0.3 is 0 Å². The van der Waals surface area contributed by atoms with Gasteiger partial charge in [0.2, 0.25) is 5.91 Å². The van der Waals surface area contributed by atoms with E-state index in [1.54, 1.807) is 12.1 Å². The Labute approximate surface area is 88.5 Å². The molecule has 0 bridgehead atoms. The molecule has 4 nitrogen and oxygen atoms in total. The molecule has 0 radical (unpaired) electrons. The van der Waals surface area contributed by atoms with Crippen LogP contribution in [0.5, 0.6) is 5.75 Å². The predicted octanol–water partition coefficient (Wildman–Crippen LogP) is 1.56. The van der Waals surface area contributed by atoms with Gasteiger partial charge in [0.25, 0.3) is 0 Å². The van der Waals surface area contributed by atoms with Crippen LogP contribution >= 0.6 is 0 Å². The van der Waals surface area contributed by atoms with E-state index in [1.165, 1.54) is 0 Å². The van der Waals surface area contributed by atoms with Gasteiger partial charge in [-0.15, -0.1) is 0 Å². The molecular weight excluding hydrogens is 192 g/mol. The average Bonchev–Trinajstić information content (AvgIpc) is 2.15. The molecular formula is C11H14N2O2. The number of nitrogens with one attached hydrogen (secondary N) is 1. The van der Waals surface area contributed by atoms with Gasteiger partial charge in [0, 0.05) is 12.1 Å². The summed E-state index contributed by atoms with van der Waals surface area (Å²) in [7, 11) is 0. The summed E-state index contributed by atoms with van der Waals surface area (Å²) in [6, 6.07) is 5.29. The summed E-state index contributed by atoms with van der Waals surface area (Å²) in [5.74, 6) is 0.126. The zero-order valence-electron chi connectivity index (χ0n) is 8.82. The van der Waals surface area contributed by atoms with E-state index in [2.05, 4.69) is 5.32 Å². The van der Waals surface area contributed by atoms with Crippen molar-refractivity contribution >= 4 is 17.3 Å². The summed E-state index contributed by atoms with van der Waals surface area (Å²) in [6.45, 7) is 4.44. The predicted molar refractivity (Wildman–Crippen MR) is 59.2 cm³/mol. The summed E-state index contributed by atoms with van der Waals surface area (Å²) in [4.78, 5) is 13.4. The average molecular weight is 206 g/mol. The minimum Gasteiger partial charge on any atom is -0.508 e. The molecule has 80 valence electrons. The fourth-order valence-corrected chi connectivity index (χ4v) is 1.76. The van der Waals surface area contributed by atoms with Crippen molar-refractivity contribution in [2.75, 3.05) is 16.8 Å². The van der Waals surface area contributed by atoms with Crippen molar-refractivity contribution in [1.82, 2.24) is 0 Å². The number of aromatic hydroxyl groups is 1. The Bertz CT molecular complexity index is 402. The van der Waals surface area contributed by atoms with Crippen LogP contribution in [0.25, 0.3) is 0 Å². The highest BCUT2D eigenvalue weighted by Gasteiger charge is 2.23. The number of amides is 1. The molecule has 1 aliphatic heterocycles. The molecule has 2 N–H and O–H groups in total. The lowest BCUT2D eigenvalue weighted by Gasteiger charge is -2.34. The highest BCUT2D eigenvalue weighted by atomic mass is 16.3. The van der Waals surface area contributed by atoms with Crippen LogP contribution in [0.2, 0.25) is 0 Å². The number of hydrogen-bond acceptors (Lipinski definition) is 3. The lowest BCUT2D eigenvalue weighted by molar-refractivity contribution is -0.115. The van der Waals surface area contributed by atoms with Crippen LogP contribution in [-0.2, 0) is 4.79 Å². The van der Waals surface area contributed by atoms with Gasteiger partial charge in [0.05, 0.1) is 17.9 Å². The summed E-state index contributed by atoms with van der Waals surface area (Å²) < 4.78 is 0. The number of fused-ring (bicyclic) bond motifs is 1. The normalized spacial score (nSPS) is 15.1. The number of nitrogens with zero attached hydrogens (tertiary/aromatic N) is 1. The first kappa shape index (κ1) is 9.83. The van der Waals surface area contributed by atoms with Crippen molar-refractivity contribution in [3.8, 4) is 5.75 Å². The lowest BCUT2D eigenvalue weighted by atomic mass is 10.1. The van der Waals surface area contributed by atoms with E-state index in [1.807, 2.05) is 24.8 Å². The van der Waals surface area contributed by atoms with Gasteiger partial charge in [-0.1, -0.05) is 0 Å². The molecule has 1 aromatic rings. The molecule has 1 aromatic carbocycles. The molecule has 0 aliphatic carbocycles. The third-order valence-electron chi connectivity index (χ3n) is 2.50. The van der Waals surface area contributed by atoms with Gasteiger partial charge in [-0.25, -0.2) is 0 Å². The van der Waals surface area contributed by atoms with Gasteiger partial charge in [-0.3, -0.25) is 4.79 Å². The first-order chi connectivity index (χ1) is 7.08. The summed E-state index contributed by atoms with van der Waals surface area (Å²) in [6.07, 6.45) is 0. The van der Waals surface area contributed by atoms with E-state index in [0.29, 0.717) is 12.2 Å². The Morgan fingerprint density at radius 1 is 1.47 bits per heavy atom. The molecule has 15 heavy (non-hydrogen) atoms. The molecule has 0 aromatic heterocycles. The number of rotatable bonds is 1. The Morgan fingerprint density at radius 3 is 2.87 bits per heavy atom. The molecule has 1 amide bonds. The second-order valence-corrected chi connectivity index (χ2v) is 3.97. The maximum atomic E-state index is 11.4. The van der Waals surface area contributed by atoms with E-state index in [-0.39, 0.29) is 17.7 Å². The molecule has 1 aliphatic rings. The maximum absolute atomic E-state index is 11.4. The third kappa shape index (κ3) is 1.75. The van der Waals surface area contributed by atoms with E-state index in [0.717, 1.165) is 5.69 Å². The molecule has 4 heteroatoms. The van der Waals surface area contributed by atoms with Crippen LogP contribution < -0.4 is 10.2 Å². The Balaban J connectivity index is 2.46. The monoisotopic (exact) mass is 206 g/mol. The smallest absolute Gasteiger partial charge is 0.243 e. The largest absolute Gasteiger partial charge is 0.508 e. The Kier molecular flexibility index (Phi) is 2.26. The van der Waals surface area contributed by atoms with Crippen molar-refractivity contribution in [3.63, 3.8) is 0 Å². The second kappa shape index (κ2) is 3.46. The first-order valence-corrected chi connectivity index (χ1v) is 4.97. The van der Waals surface area contributed by atoms with Crippen LogP contribution in [0.1, 0.15) is 13.8 Å². The van der Waals surface area contributed by atoms with Crippen LogP contribution in [0, 0.1) is 0 Å². The second-order valence-electron chi connectivity index (χ2n) is 3.97. The molecule has 1 heterocycles. The van der Waals surface area contributed by atoms with Crippen LogP contribution in [-0.4, -0.2) is 23.6 Å². The number of carbonyl (C=O) groups is 1. The van der Waals surface area contributed by atoms with Gasteiger partial charge < -0.3 is 15.3 Å². The standard InChI is InChI=1S/C11H14N2O2/c1-7(2)13-6-11(15)12-9-5-8(14)3-4-10(9)13/h3-5,7,14H,6H2,1-2H3,(H,12,15). The van der Waals surface area contributed by atoms with Gasteiger partial charge in [-0.2, -0.15) is 0 Å². The van der Waals surface area contributed by atoms with Crippen molar-refractivity contribution in [2.24, 2.45) is 0 Å². The minimum atomic E-state index is -0.0400. The topological polar surface area (TPSA) is 52.6 Å². The maximum Gasteiger partial charge on any atom is 0.243 e. The number of anilines is 2. The fourth-order valence-electron chi connectivity index (χ4n) is 1.76. The van der Waals surface area contributed by atoms with Crippen LogP contribution in [0.4, 0.5) is 11.4 Å². The highest BCUT2D eigenvalue weighted by Crippen LogP contribution is 2.33. The molecule has 0 spiro atoms. The van der Waals surface area contributed by atoms with Crippen LogP contribution in [0.3, 0.4) is 0 Å². The highest BCUT2D eigenvalue weighted by molar-refractivity contribution is 6.01. The summed E-state index contributed by atoms with van der Waals surface area (Å²) >= 11 is 0. The fraction of sp³-hybridized carbons (Fsp3) is 0.364. The Morgan fingerprint density at radius 2 is 2.20 bits per heavy atom. The lowest BCUT2D eigenvalue weighted by Crippen LogP contribution is -2.42. The number of benzene rings is 1. The van der Waals surface area contributed by atoms with E-state index in [9.17, 15) is 9.90 Å². The number of hydrogen-bond donors (Lipinski definition) is 2. The summed E-state index contributed by atoms with van der Waals surface area (Å²) in [5, 5.41) is 12.1. The zero-order valence-corrected chi connectivity index (χ0v) is 8.82.